The second-order valence-electron chi connectivity index (χ2n) is 9.82. The van der Waals surface area contributed by atoms with Gasteiger partial charge in [-0.25, -0.2) is 9.37 Å². The van der Waals surface area contributed by atoms with Crippen LogP contribution in [0.15, 0.2) is 85.1 Å². The standard InChI is InChI=1S/C30H27FN4O/c1-20-16-30(17-20,22-6-4-3-5-7-22)27-15-25(11-12-26(27)29-18-32-35(2)34-29)36-19-24-10-8-21-14-23(31)9-13-28(21)33-24/h3-15,18,20H,16-17,19H2,1-2H3. The number of fused-ring (bicyclic) bond motifs is 1. The summed E-state index contributed by atoms with van der Waals surface area (Å²) in [7, 11) is 1.84. The maximum absolute atomic E-state index is 13.5. The number of ether oxygens (including phenoxy) is 1. The van der Waals surface area contributed by atoms with E-state index < -0.39 is 0 Å². The highest BCUT2D eigenvalue weighted by atomic mass is 19.1. The highest BCUT2D eigenvalue weighted by Crippen LogP contribution is 2.54. The van der Waals surface area contributed by atoms with Crippen molar-refractivity contribution in [3.05, 3.63) is 108 Å². The molecule has 0 N–H and O–H groups in total. The first-order valence-corrected chi connectivity index (χ1v) is 12.2. The molecule has 1 aliphatic carbocycles. The fraction of sp³-hybridized carbons (Fsp3) is 0.233. The Hall–Kier alpha value is -4.06. The molecule has 0 aliphatic heterocycles. The van der Waals surface area contributed by atoms with Gasteiger partial charge < -0.3 is 4.74 Å². The predicted octanol–water partition coefficient (Wildman–Crippen LogP) is 6.46. The third kappa shape index (κ3) is 4.02. The number of aromatic nitrogens is 4. The van der Waals surface area contributed by atoms with Gasteiger partial charge in [-0.3, -0.25) is 0 Å². The highest BCUT2D eigenvalue weighted by Gasteiger charge is 2.46. The number of rotatable bonds is 6. The van der Waals surface area contributed by atoms with Gasteiger partial charge >= 0.3 is 0 Å². The van der Waals surface area contributed by atoms with Gasteiger partial charge in [0, 0.05) is 23.4 Å². The SMILES string of the molecule is CC1CC(c2ccccc2)(c2cc(OCc3ccc4cc(F)ccc4n3)ccc2-c2cnn(C)n2)C1. The second kappa shape index (κ2) is 8.86. The van der Waals surface area contributed by atoms with Crippen LogP contribution in [-0.2, 0) is 19.1 Å². The van der Waals surface area contributed by atoms with Gasteiger partial charge in [0.25, 0.3) is 0 Å². The van der Waals surface area contributed by atoms with Crippen LogP contribution in [0.25, 0.3) is 22.2 Å². The van der Waals surface area contributed by atoms with E-state index in [0.29, 0.717) is 12.5 Å². The van der Waals surface area contributed by atoms with E-state index in [1.165, 1.54) is 23.3 Å². The lowest BCUT2D eigenvalue weighted by atomic mass is 9.55. The van der Waals surface area contributed by atoms with Crippen molar-refractivity contribution >= 4 is 10.9 Å². The first-order chi connectivity index (χ1) is 17.5. The summed E-state index contributed by atoms with van der Waals surface area (Å²) in [5.41, 5.74) is 5.92. The number of aryl methyl sites for hydroxylation is 1. The van der Waals surface area contributed by atoms with Crippen molar-refractivity contribution in [3.63, 3.8) is 0 Å². The number of benzene rings is 3. The molecule has 0 radical (unpaired) electrons. The van der Waals surface area contributed by atoms with Crippen molar-refractivity contribution in [2.75, 3.05) is 0 Å². The monoisotopic (exact) mass is 478 g/mol. The first kappa shape index (κ1) is 22.4. The van der Waals surface area contributed by atoms with Crippen LogP contribution in [0.5, 0.6) is 5.75 Å². The van der Waals surface area contributed by atoms with E-state index in [-0.39, 0.29) is 11.2 Å². The molecule has 5 nitrogen and oxygen atoms in total. The van der Waals surface area contributed by atoms with Gasteiger partial charge in [-0.2, -0.15) is 15.0 Å². The largest absolute Gasteiger partial charge is 0.487 e. The number of halogens is 1. The normalized spacial score (nSPS) is 19.2. The van der Waals surface area contributed by atoms with Gasteiger partial charge in [0.1, 0.15) is 23.9 Å². The van der Waals surface area contributed by atoms with Gasteiger partial charge in [-0.15, -0.1) is 0 Å². The maximum atomic E-state index is 13.5. The minimum Gasteiger partial charge on any atom is -0.487 e. The lowest BCUT2D eigenvalue weighted by Gasteiger charge is -2.48. The molecule has 0 atom stereocenters. The lowest BCUT2D eigenvalue weighted by Crippen LogP contribution is -2.41. The van der Waals surface area contributed by atoms with E-state index in [4.69, 9.17) is 4.74 Å². The van der Waals surface area contributed by atoms with Crippen molar-refractivity contribution in [2.24, 2.45) is 13.0 Å². The summed E-state index contributed by atoms with van der Waals surface area (Å²) in [5, 5.41) is 9.71. The molecule has 2 heterocycles. The Morgan fingerprint density at radius 2 is 1.83 bits per heavy atom. The molecular weight excluding hydrogens is 451 g/mol. The molecule has 1 aliphatic rings. The van der Waals surface area contributed by atoms with Crippen molar-refractivity contribution < 1.29 is 9.13 Å². The molecule has 0 bridgehead atoms. The fourth-order valence-corrected chi connectivity index (χ4v) is 5.58. The summed E-state index contributed by atoms with van der Waals surface area (Å²) in [5.74, 6) is 1.16. The zero-order valence-electron chi connectivity index (χ0n) is 20.4. The molecule has 1 fully saturated rings. The predicted molar refractivity (Wildman–Crippen MR) is 138 cm³/mol. The van der Waals surface area contributed by atoms with Gasteiger partial charge in [0.15, 0.2) is 0 Å². The van der Waals surface area contributed by atoms with Crippen LogP contribution < -0.4 is 4.74 Å². The van der Waals surface area contributed by atoms with Gasteiger partial charge in [0.05, 0.1) is 17.4 Å². The molecule has 0 amide bonds. The molecule has 0 saturated heterocycles. The van der Waals surface area contributed by atoms with E-state index in [0.717, 1.165) is 46.4 Å². The molecule has 0 unspecified atom stereocenters. The minimum absolute atomic E-state index is 0.0990. The van der Waals surface area contributed by atoms with Gasteiger partial charge in [0.2, 0.25) is 0 Å². The van der Waals surface area contributed by atoms with Crippen LogP contribution in [0.3, 0.4) is 0 Å². The van der Waals surface area contributed by atoms with Gasteiger partial charge in [-0.05, 0) is 72.4 Å². The van der Waals surface area contributed by atoms with Crippen LogP contribution in [0.1, 0.15) is 36.6 Å². The Morgan fingerprint density at radius 3 is 2.58 bits per heavy atom. The Morgan fingerprint density at radius 1 is 1.00 bits per heavy atom. The quantitative estimate of drug-likeness (QED) is 0.281. The number of nitrogens with zero attached hydrogens (tertiary/aromatic N) is 4. The molecule has 2 aromatic heterocycles. The lowest BCUT2D eigenvalue weighted by molar-refractivity contribution is 0.200. The number of pyridine rings is 1. The van der Waals surface area contributed by atoms with E-state index in [1.807, 2.05) is 31.4 Å². The Balaban J connectivity index is 1.37. The summed E-state index contributed by atoms with van der Waals surface area (Å²) >= 11 is 0. The summed E-state index contributed by atoms with van der Waals surface area (Å²) in [6.07, 6.45) is 3.95. The molecule has 3 aromatic carbocycles. The van der Waals surface area contributed by atoms with Gasteiger partial charge in [-0.1, -0.05) is 43.3 Å². The third-order valence-electron chi connectivity index (χ3n) is 7.20. The maximum Gasteiger partial charge on any atom is 0.130 e. The van der Waals surface area contributed by atoms with E-state index in [2.05, 4.69) is 64.6 Å². The summed E-state index contributed by atoms with van der Waals surface area (Å²) in [6, 6.07) is 25.4. The number of hydrogen-bond acceptors (Lipinski definition) is 4. The molecule has 180 valence electrons. The Labute approximate surface area is 209 Å². The van der Waals surface area contributed by atoms with Crippen LogP contribution in [-0.4, -0.2) is 20.0 Å². The Kier molecular flexibility index (Phi) is 5.52. The zero-order valence-corrected chi connectivity index (χ0v) is 20.4. The second-order valence-corrected chi connectivity index (χ2v) is 9.82. The zero-order chi connectivity index (χ0) is 24.7. The minimum atomic E-state index is -0.262. The molecule has 0 spiro atoms. The van der Waals surface area contributed by atoms with Crippen molar-refractivity contribution in [1.82, 2.24) is 20.0 Å². The molecule has 1 saturated carbocycles. The smallest absolute Gasteiger partial charge is 0.130 e. The first-order valence-electron chi connectivity index (χ1n) is 12.2. The molecule has 36 heavy (non-hydrogen) atoms. The third-order valence-corrected chi connectivity index (χ3v) is 7.20. The van der Waals surface area contributed by atoms with Crippen molar-refractivity contribution in [1.29, 1.82) is 0 Å². The number of hydrogen-bond donors (Lipinski definition) is 0. The van der Waals surface area contributed by atoms with Crippen molar-refractivity contribution in [2.45, 2.75) is 31.8 Å². The average molecular weight is 479 g/mol. The Bertz CT molecular complexity index is 1540. The summed E-state index contributed by atoms with van der Waals surface area (Å²) < 4.78 is 19.8. The summed E-state index contributed by atoms with van der Waals surface area (Å²) in [6.45, 7) is 2.63. The highest BCUT2D eigenvalue weighted by molar-refractivity contribution is 5.78. The molecule has 6 rings (SSSR count). The van der Waals surface area contributed by atoms with Crippen LogP contribution in [0.2, 0.25) is 0 Å². The van der Waals surface area contributed by atoms with E-state index in [1.54, 1.807) is 10.9 Å². The topological polar surface area (TPSA) is 52.8 Å². The molecule has 5 aromatic rings. The van der Waals surface area contributed by atoms with Crippen LogP contribution in [0.4, 0.5) is 4.39 Å². The van der Waals surface area contributed by atoms with Crippen LogP contribution >= 0.6 is 0 Å². The van der Waals surface area contributed by atoms with Crippen molar-refractivity contribution in [3.8, 4) is 17.0 Å². The van der Waals surface area contributed by atoms with E-state index >= 15 is 0 Å². The molecular formula is C30H27FN4O. The summed E-state index contributed by atoms with van der Waals surface area (Å²) in [4.78, 5) is 6.24. The van der Waals surface area contributed by atoms with E-state index in [9.17, 15) is 4.39 Å². The van der Waals surface area contributed by atoms with Crippen LogP contribution in [0, 0.1) is 11.7 Å². The molecule has 6 heteroatoms. The fourth-order valence-electron chi connectivity index (χ4n) is 5.58. The average Bonchev–Trinajstić information content (AvgIpc) is 3.31.